The zero-order chi connectivity index (χ0) is 16.8. The summed E-state index contributed by atoms with van der Waals surface area (Å²) in [5, 5.41) is 0. The number of alkyl halides is 3. The van der Waals surface area contributed by atoms with E-state index in [0.717, 1.165) is 29.8 Å². The summed E-state index contributed by atoms with van der Waals surface area (Å²) in [6, 6.07) is 13.0. The van der Waals surface area contributed by atoms with Crippen LogP contribution >= 0.6 is 0 Å². The number of hydrogen-bond donors (Lipinski definition) is 1. The third kappa shape index (κ3) is 5.40. The summed E-state index contributed by atoms with van der Waals surface area (Å²) in [7, 11) is 0. The van der Waals surface area contributed by atoms with Gasteiger partial charge in [-0.05, 0) is 31.2 Å². The Bertz CT molecular complexity index is 635. The van der Waals surface area contributed by atoms with E-state index in [4.69, 9.17) is 5.73 Å². The number of nitrogens with two attached hydrogens (primary N) is 1. The average Bonchev–Trinajstić information content (AvgIpc) is 2.48. The van der Waals surface area contributed by atoms with Gasteiger partial charge in [-0.2, -0.15) is 13.2 Å². The van der Waals surface area contributed by atoms with Gasteiger partial charge in [0.05, 0.1) is 5.56 Å². The fourth-order valence-electron chi connectivity index (χ4n) is 1.50. The van der Waals surface area contributed by atoms with Crippen molar-refractivity contribution in [3.63, 3.8) is 0 Å². The van der Waals surface area contributed by atoms with Crippen molar-refractivity contribution in [2.24, 2.45) is 5.73 Å². The Labute approximate surface area is 125 Å². The van der Waals surface area contributed by atoms with Crippen LogP contribution in [0.5, 0.6) is 0 Å². The molecule has 2 aromatic carbocycles. The number of ketones is 1. The summed E-state index contributed by atoms with van der Waals surface area (Å²) in [4.78, 5) is 21.1. The summed E-state index contributed by atoms with van der Waals surface area (Å²) >= 11 is 0. The second kappa shape index (κ2) is 7.40. The number of benzene rings is 2. The third-order valence-corrected chi connectivity index (χ3v) is 2.68. The highest BCUT2D eigenvalue weighted by Crippen LogP contribution is 2.28. The van der Waals surface area contributed by atoms with E-state index in [1.54, 1.807) is 6.92 Å². The van der Waals surface area contributed by atoms with Crippen LogP contribution < -0.4 is 5.73 Å². The molecule has 0 unspecified atom stereocenters. The zero-order valence-electron chi connectivity index (χ0n) is 11.7. The van der Waals surface area contributed by atoms with Gasteiger partial charge in [0.25, 0.3) is 0 Å². The number of hydrogen-bond acceptors (Lipinski definition) is 2. The summed E-state index contributed by atoms with van der Waals surface area (Å²) in [6.45, 7) is 1.56. The van der Waals surface area contributed by atoms with E-state index in [-0.39, 0.29) is 11.3 Å². The summed E-state index contributed by atoms with van der Waals surface area (Å²) in [5.41, 5.74) is 4.90. The van der Waals surface area contributed by atoms with E-state index in [2.05, 4.69) is 0 Å². The van der Waals surface area contributed by atoms with Crippen molar-refractivity contribution in [1.29, 1.82) is 0 Å². The minimum absolute atomic E-state index is 0.0630. The molecule has 0 heterocycles. The molecule has 0 aromatic heterocycles. The molecule has 0 aliphatic rings. The van der Waals surface area contributed by atoms with E-state index >= 15 is 0 Å². The molecule has 22 heavy (non-hydrogen) atoms. The Kier molecular flexibility index (Phi) is 5.86. The highest BCUT2D eigenvalue weighted by Gasteiger charge is 2.30. The lowest BCUT2D eigenvalue weighted by molar-refractivity contribution is -0.137. The van der Waals surface area contributed by atoms with Crippen LogP contribution in [-0.2, 0) is 6.18 Å². The molecule has 2 N–H and O–H groups in total. The normalized spacial score (nSPS) is 10.4. The van der Waals surface area contributed by atoms with E-state index in [1.165, 1.54) is 0 Å². The van der Waals surface area contributed by atoms with Gasteiger partial charge in [0, 0.05) is 11.1 Å². The van der Waals surface area contributed by atoms with Gasteiger partial charge in [-0.1, -0.05) is 30.3 Å². The molecule has 2 aromatic rings. The molecule has 0 saturated carbocycles. The quantitative estimate of drug-likeness (QED) is 0.860. The largest absolute Gasteiger partial charge is 0.416 e. The molecule has 0 aliphatic heterocycles. The summed E-state index contributed by atoms with van der Waals surface area (Å²) in [6.07, 6.45) is -4.38. The highest BCUT2D eigenvalue weighted by molar-refractivity contribution is 5.94. The predicted molar refractivity (Wildman–Crippen MR) is 76.4 cm³/mol. The van der Waals surface area contributed by atoms with E-state index in [1.807, 2.05) is 30.3 Å². The first-order valence-corrected chi connectivity index (χ1v) is 6.25. The molecule has 0 radical (unpaired) electrons. The second-order valence-electron chi connectivity index (χ2n) is 4.36. The number of carbonyl (C=O) groups excluding carboxylic acids is 2. The van der Waals surface area contributed by atoms with Gasteiger partial charge in [-0.25, -0.2) is 0 Å². The molecule has 0 aliphatic carbocycles. The molecule has 6 heteroatoms. The molecular formula is C16H14F3NO2. The van der Waals surface area contributed by atoms with Crippen LogP contribution in [0, 0.1) is 0 Å². The lowest BCUT2D eigenvalue weighted by Crippen LogP contribution is -2.11. The number of halogens is 3. The maximum Gasteiger partial charge on any atom is 0.416 e. The van der Waals surface area contributed by atoms with Crippen molar-refractivity contribution < 1.29 is 22.8 Å². The van der Waals surface area contributed by atoms with E-state index in [0.29, 0.717) is 0 Å². The topological polar surface area (TPSA) is 60.2 Å². The molecule has 0 saturated heterocycles. The number of Topliss-reactive ketones (excluding diaryl/α,β-unsaturated/α-hetero) is 1. The maximum atomic E-state index is 12.0. The van der Waals surface area contributed by atoms with Gasteiger partial charge in [0.1, 0.15) is 0 Å². The van der Waals surface area contributed by atoms with Crippen LogP contribution in [0.2, 0.25) is 0 Å². The Morgan fingerprint density at radius 2 is 1.36 bits per heavy atom. The molecule has 0 fully saturated rings. The minimum atomic E-state index is -4.38. The number of primary amides is 1. The first-order chi connectivity index (χ1) is 10.2. The van der Waals surface area contributed by atoms with Crippen LogP contribution in [0.3, 0.4) is 0 Å². The summed E-state index contributed by atoms with van der Waals surface area (Å²) < 4.78 is 36.0. The number of carbonyl (C=O) groups is 2. The third-order valence-electron chi connectivity index (χ3n) is 2.68. The smallest absolute Gasteiger partial charge is 0.366 e. The molecule has 0 bridgehead atoms. The van der Waals surface area contributed by atoms with Crippen LogP contribution in [0.15, 0.2) is 54.6 Å². The second-order valence-corrected chi connectivity index (χ2v) is 4.36. The maximum absolute atomic E-state index is 12.0. The highest BCUT2D eigenvalue weighted by atomic mass is 19.4. The van der Waals surface area contributed by atoms with Gasteiger partial charge in [-0.15, -0.1) is 0 Å². The van der Waals surface area contributed by atoms with Crippen LogP contribution in [-0.4, -0.2) is 11.7 Å². The molecule has 1 amide bonds. The van der Waals surface area contributed by atoms with Crippen molar-refractivity contribution in [3.05, 3.63) is 71.3 Å². The molecular weight excluding hydrogens is 295 g/mol. The fourth-order valence-corrected chi connectivity index (χ4v) is 1.50. The first-order valence-electron chi connectivity index (χ1n) is 6.25. The number of rotatable bonds is 2. The number of amides is 1. The molecule has 116 valence electrons. The average molecular weight is 309 g/mol. The van der Waals surface area contributed by atoms with Crippen molar-refractivity contribution in [2.45, 2.75) is 13.1 Å². The first kappa shape index (κ1) is 17.4. The standard InChI is InChI=1S/C8H6F3NO.C8H8O/c9-8(10,11)6-3-1-5(2-4-6)7(12)13;1-7(9)8-5-3-2-4-6-8/h1-4H,(H2,12,13);2-6H,1H3. The predicted octanol–water partition coefficient (Wildman–Crippen LogP) is 3.69. The SMILES string of the molecule is CC(=O)c1ccccc1.NC(=O)c1ccc(C(F)(F)F)cc1. The molecule has 0 atom stereocenters. The monoisotopic (exact) mass is 309 g/mol. The molecule has 0 spiro atoms. The van der Waals surface area contributed by atoms with Gasteiger partial charge >= 0.3 is 6.18 Å². The van der Waals surface area contributed by atoms with Crippen LogP contribution in [0.4, 0.5) is 13.2 Å². The Hall–Kier alpha value is -2.63. The van der Waals surface area contributed by atoms with Gasteiger partial charge < -0.3 is 5.73 Å². The van der Waals surface area contributed by atoms with Gasteiger partial charge in [-0.3, -0.25) is 9.59 Å². The minimum Gasteiger partial charge on any atom is -0.366 e. The summed E-state index contributed by atoms with van der Waals surface area (Å²) in [5.74, 6) is -0.621. The lowest BCUT2D eigenvalue weighted by atomic mass is 10.1. The molecule has 3 nitrogen and oxygen atoms in total. The Morgan fingerprint density at radius 3 is 1.68 bits per heavy atom. The van der Waals surface area contributed by atoms with Crippen molar-refractivity contribution in [1.82, 2.24) is 0 Å². The van der Waals surface area contributed by atoms with Crippen molar-refractivity contribution >= 4 is 11.7 Å². The lowest BCUT2D eigenvalue weighted by Gasteiger charge is -2.05. The Morgan fingerprint density at radius 1 is 0.864 bits per heavy atom. The van der Waals surface area contributed by atoms with Crippen LogP contribution in [0.25, 0.3) is 0 Å². The van der Waals surface area contributed by atoms with Gasteiger partial charge in [0.15, 0.2) is 5.78 Å². The van der Waals surface area contributed by atoms with Gasteiger partial charge in [0.2, 0.25) is 5.91 Å². The van der Waals surface area contributed by atoms with Crippen molar-refractivity contribution in [2.75, 3.05) is 0 Å². The Balaban J connectivity index is 0.000000235. The van der Waals surface area contributed by atoms with E-state index in [9.17, 15) is 22.8 Å². The molecule has 2 rings (SSSR count). The van der Waals surface area contributed by atoms with E-state index < -0.39 is 17.6 Å². The van der Waals surface area contributed by atoms with Crippen LogP contribution in [0.1, 0.15) is 33.2 Å². The van der Waals surface area contributed by atoms with Crippen molar-refractivity contribution in [3.8, 4) is 0 Å². The zero-order valence-corrected chi connectivity index (χ0v) is 11.7. The fraction of sp³-hybridized carbons (Fsp3) is 0.125.